The minimum atomic E-state index is -2.15. The highest BCUT2D eigenvalue weighted by Crippen LogP contribution is 2.08. The van der Waals surface area contributed by atoms with Gasteiger partial charge in [-0.05, 0) is 25.2 Å². The van der Waals surface area contributed by atoms with Gasteiger partial charge in [-0.15, -0.1) is 0 Å². The average Bonchev–Trinajstić information content (AvgIpc) is 1.85. The standard InChI is InChI=1S/C8H13NOSi/c1-11(2,10)9-8-6-4-3-5-7-8/h3-7,9-10H,1-2H3. The molecule has 0 saturated heterocycles. The first-order valence-electron chi connectivity index (χ1n) is 3.63. The zero-order chi connectivity index (χ0) is 8.32. The molecular formula is C8H13NOSi. The van der Waals surface area contributed by atoms with E-state index in [1.165, 1.54) is 0 Å². The van der Waals surface area contributed by atoms with E-state index in [4.69, 9.17) is 0 Å². The molecule has 0 aliphatic rings. The summed E-state index contributed by atoms with van der Waals surface area (Å²) >= 11 is 0. The molecule has 0 saturated carbocycles. The first kappa shape index (κ1) is 8.29. The van der Waals surface area contributed by atoms with Crippen molar-refractivity contribution in [2.45, 2.75) is 13.1 Å². The number of hydrogen-bond acceptors (Lipinski definition) is 2. The fourth-order valence-electron chi connectivity index (χ4n) is 0.875. The van der Waals surface area contributed by atoms with Gasteiger partial charge in [0.25, 0.3) is 8.48 Å². The highest BCUT2D eigenvalue weighted by molar-refractivity contribution is 6.73. The minimum Gasteiger partial charge on any atom is -0.415 e. The Morgan fingerprint density at radius 1 is 1.18 bits per heavy atom. The van der Waals surface area contributed by atoms with Crippen LogP contribution in [0.5, 0.6) is 0 Å². The molecule has 1 rings (SSSR count). The Balaban J connectivity index is 2.66. The third-order valence-electron chi connectivity index (χ3n) is 1.22. The van der Waals surface area contributed by atoms with E-state index in [0.717, 1.165) is 5.69 Å². The first-order valence-corrected chi connectivity index (χ1v) is 6.58. The topological polar surface area (TPSA) is 32.3 Å². The van der Waals surface area contributed by atoms with Crippen LogP contribution < -0.4 is 4.98 Å². The van der Waals surface area contributed by atoms with Crippen molar-refractivity contribution < 1.29 is 4.80 Å². The second-order valence-electron chi connectivity index (χ2n) is 3.05. The predicted molar refractivity (Wildman–Crippen MR) is 49.8 cm³/mol. The average molecular weight is 167 g/mol. The lowest BCUT2D eigenvalue weighted by molar-refractivity contribution is 0.560. The van der Waals surface area contributed by atoms with E-state index >= 15 is 0 Å². The van der Waals surface area contributed by atoms with E-state index in [0.29, 0.717) is 0 Å². The van der Waals surface area contributed by atoms with Crippen LogP contribution in [0.25, 0.3) is 0 Å². The molecule has 2 N–H and O–H groups in total. The van der Waals surface area contributed by atoms with Gasteiger partial charge in [0.05, 0.1) is 0 Å². The van der Waals surface area contributed by atoms with Crippen molar-refractivity contribution in [1.82, 2.24) is 0 Å². The summed E-state index contributed by atoms with van der Waals surface area (Å²) in [7, 11) is -2.15. The summed E-state index contributed by atoms with van der Waals surface area (Å²) in [5.41, 5.74) is 0.992. The normalized spacial score (nSPS) is 11.2. The van der Waals surface area contributed by atoms with Crippen molar-refractivity contribution in [3.05, 3.63) is 30.3 Å². The molecule has 0 aliphatic heterocycles. The van der Waals surface area contributed by atoms with Crippen LogP contribution in [-0.2, 0) is 0 Å². The van der Waals surface area contributed by atoms with Crippen LogP contribution in [0.3, 0.4) is 0 Å². The maximum Gasteiger partial charge on any atom is 0.289 e. The van der Waals surface area contributed by atoms with E-state index < -0.39 is 8.48 Å². The van der Waals surface area contributed by atoms with Crippen molar-refractivity contribution in [3.8, 4) is 0 Å². The smallest absolute Gasteiger partial charge is 0.289 e. The van der Waals surface area contributed by atoms with Crippen molar-refractivity contribution in [1.29, 1.82) is 0 Å². The Labute approximate surface area is 68.1 Å². The molecule has 0 spiro atoms. The van der Waals surface area contributed by atoms with Gasteiger partial charge in [0, 0.05) is 5.69 Å². The summed E-state index contributed by atoms with van der Waals surface area (Å²) in [6.45, 7) is 3.69. The lowest BCUT2D eigenvalue weighted by Gasteiger charge is -2.16. The van der Waals surface area contributed by atoms with Crippen molar-refractivity contribution in [2.24, 2.45) is 0 Å². The molecule has 0 bridgehead atoms. The van der Waals surface area contributed by atoms with E-state index in [-0.39, 0.29) is 0 Å². The molecule has 0 aliphatic carbocycles. The van der Waals surface area contributed by atoms with Crippen LogP contribution in [0.1, 0.15) is 0 Å². The lowest BCUT2D eigenvalue weighted by Crippen LogP contribution is -2.36. The van der Waals surface area contributed by atoms with Crippen LogP contribution in [0.4, 0.5) is 5.69 Å². The van der Waals surface area contributed by atoms with Crippen LogP contribution in [0.2, 0.25) is 13.1 Å². The second kappa shape index (κ2) is 3.07. The van der Waals surface area contributed by atoms with Gasteiger partial charge >= 0.3 is 0 Å². The van der Waals surface area contributed by atoms with Gasteiger partial charge in [0.1, 0.15) is 0 Å². The van der Waals surface area contributed by atoms with Crippen molar-refractivity contribution >= 4 is 14.2 Å². The molecule has 2 nitrogen and oxygen atoms in total. The summed E-state index contributed by atoms with van der Waals surface area (Å²) in [6, 6.07) is 9.75. The quantitative estimate of drug-likeness (QED) is 0.658. The molecule has 0 aromatic heterocycles. The summed E-state index contributed by atoms with van der Waals surface area (Å²) < 4.78 is 0. The highest BCUT2D eigenvalue weighted by atomic mass is 28.4. The third kappa shape index (κ3) is 3.20. The molecule has 0 atom stereocenters. The predicted octanol–water partition coefficient (Wildman–Crippen LogP) is 1.79. The number of hydrogen-bond donors (Lipinski definition) is 2. The summed E-state index contributed by atoms with van der Waals surface area (Å²) in [5.74, 6) is 0. The molecule has 0 fully saturated rings. The molecule has 0 radical (unpaired) electrons. The zero-order valence-corrected chi connectivity index (χ0v) is 7.83. The maximum absolute atomic E-state index is 9.50. The number of benzene rings is 1. The van der Waals surface area contributed by atoms with Crippen molar-refractivity contribution in [2.75, 3.05) is 4.98 Å². The van der Waals surface area contributed by atoms with E-state index in [2.05, 4.69) is 4.98 Å². The molecule has 3 heteroatoms. The first-order chi connectivity index (χ1) is 5.08. The molecular weight excluding hydrogens is 154 g/mol. The van der Waals surface area contributed by atoms with Crippen molar-refractivity contribution in [3.63, 3.8) is 0 Å². The largest absolute Gasteiger partial charge is 0.415 e. The Morgan fingerprint density at radius 2 is 1.73 bits per heavy atom. The Morgan fingerprint density at radius 3 is 2.18 bits per heavy atom. The van der Waals surface area contributed by atoms with Crippen LogP contribution in [-0.4, -0.2) is 13.3 Å². The van der Waals surface area contributed by atoms with Crippen LogP contribution >= 0.6 is 0 Å². The van der Waals surface area contributed by atoms with Gasteiger partial charge in [-0.1, -0.05) is 18.2 Å². The SMILES string of the molecule is C[Si](C)(O)Nc1ccccc1. The van der Waals surface area contributed by atoms with E-state index in [1.54, 1.807) is 0 Å². The zero-order valence-electron chi connectivity index (χ0n) is 6.83. The summed E-state index contributed by atoms with van der Waals surface area (Å²) in [6.07, 6.45) is 0. The Hall–Kier alpha value is -0.803. The molecule has 0 amide bonds. The Bertz CT molecular complexity index is 217. The van der Waals surface area contributed by atoms with Gasteiger partial charge in [-0.2, -0.15) is 0 Å². The number of nitrogens with one attached hydrogen (secondary N) is 1. The van der Waals surface area contributed by atoms with Gasteiger partial charge in [0.15, 0.2) is 0 Å². The number of rotatable bonds is 2. The highest BCUT2D eigenvalue weighted by Gasteiger charge is 2.15. The fourth-order valence-corrected chi connectivity index (χ4v) is 1.75. The number of para-hydroxylation sites is 1. The molecule has 1 aromatic carbocycles. The maximum atomic E-state index is 9.50. The van der Waals surface area contributed by atoms with E-state index in [9.17, 15) is 4.80 Å². The molecule has 0 heterocycles. The summed E-state index contributed by atoms with van der Waals surface area (Å²) in [4.78, 5) is 12.6. The number of anilines is 1. The molecule has 60 valence electrons. The third-order valence-corrected chi connectivity index (χ3v) is 2.12. The lowest BCUT2D eigenvalue weighted by atomic mass is 10.3. The summed E-state index contributed by atoms with van der Waals surface area (Å²) in [5, 5.41) is 0. The van der Waals surface area contributed by atoms with Gasteiger partial charge < -0.3 is 9.78 Å². The molecule has 1 aromatic rings. The van der Waals surface area contributed by atoms with Crippen LogP contribution in [0.15, 0.2) is 30.3 Å². The van der Waals surface area contributed by atoms with Gasteiger partial charge in [-0.3, -0.25) is 0 Å². The van der Waals surface area contributed by atoms with Crippen LogP contribution in [0, 0.1) is 0 Å². The monoisotopic (exact) mass is 167 g/mol. The fraction of sp³-hybridized carbons (Fsp3) is 0.250. The van der Waals surface area contributed by atoms with Gasteiger partial charge in [0.2, 0.25) is 0 Å². The minimum absolute atomic E-state index is 0.992. The van der Waals surface area contributed by atoms with E-state index in [1.807, 2.05) is 43.4 Å². The van der Waals surface area contributed by atoms with Gasteiger partial charge in [-0.25, -0.2) is 0 Å². The second-order valence-corrected chi connectivity index (χ2v) is 6.42. The molecule has 0 unspecified atom stereocenters. The molecule has 11 heavy (non-hydrogen) atoms. The Kier molecular flexibility index (Phi) is 2.31.